The molecule has 83 heavy (non-hydrogen) atoms. The maximum absolute atomic E-state index is 13.1. The van der Waals surface area contributed by atoms with Gasteiger partial charge in [-0.3, -0.25) is 19.6 Å². The number of methoxy groups -OCH3 is 1. The molecule has 3 unspecified atom stereocenters. The lowest BCUT2D eigenvalue weighted by Gasteiger charge is -2.28. The molecule has 0 saturated heterocycles. The number of anilines is 12. The first-order valence-corrected chi connectivity index (χ1v) is 28.2. The second-order valence-electron chi connectivity index (χ2n) is 23.4. The molecule has 3 aliphatic rings. The Kier molecular flexibility index (Phi) is 17.5. The molecule has 1 aliphatic carbocycles. The summed E-state index contributed by atoms with van der Waals surface area (Å²) in [6.45, 7) is 24.2. The lowest BCUT2D eigenvalue weighted by Crippen LogP contribution is -2.31. The third-order valence-corrected chi connectivity index (χ3v) is 15.9. The Morgan fingerprint density at radius 1 is 0.699 bits per heavy atom. The van der Waals surface area contributed by atoms with Crippen LogP contribution in [0.3, 0.4) is 0 Å². The normalized spacial score (nSPS) is 17.1. The van der Waals surface area contributed by atoms with Gasteiger partial charge in [0.15, 0.2) is 0 Å². The number of aromatic nitrogens is 8. The van der Waals surface area contributed by atoms with Crippen LogP contribution in [-0.2, 0) is 20.4 Å². The number of carbonyl (C=O) groups is 2. The van der Waals surface area contributed by atoms with Gasteiger partial charge in [-0.2, -0.15) is 9.97 Å². The van der Waals surface area contributed by atoms with Crippen LogP contribution in [0.2, 0.25) is 0 Å². The second-order valence-corrected chi connectivity index (χ2v) is 23.4. The van der Waals surface area contributed by atoms with Crippen LogP contribution in [0.1, 0.15) is 74.8 Å². The number of nitrogens with zero attached hydrogens (tertiary/aromatic N) is 14. The van der Waals surface area contributed by atoms with Gasteiger partial charge in [0, 0.05) is 87.7 Å². The molecule has 1 saturated carbocycles. The number of likely N-dealkylation sites (N-methyl/N-ethyl adjacent to an activating group) is 4. The largest absolute Gasteiger partial charge is 0.494 e. The predicted octanol–water partition coefficient (Wildman–Crippen LogP) is 8.99. The zero-order chi connectivity index (χ0) is 59.5. The number of nitrogens with one attached hydrogen (secondary N) is 4. The van der Waals surface area contributed by atoms with E-state index in [0.717, 1.165) is 89.9 Å². The van der Waals surface area contributed by atoms with Gasteiger partial charge in [-0.25, -0.2) is 19.9 Å². The molecule has 9 rings (SSSR count). The van der Waals surface area contributed by atoms with E-state index in [1.807, 2.05) is 86.5 Å². The number of fused-ring (bicyclic) bond motifs is 3. The molecule has 1 fully saturated rings. The Bertz CT molecular complexity index is 3410. The number of benzene rings is 2. The van der Waals surface area contributed by atoms with E-state index in [9.17, 15) is 9.59 Å². The summed E-state index contributed by atoms with van der Waals surface area (Å²) in [7, 11) is 13.7. The first-order chi connectivity index (χ1) is 39.6. The Balaban J connectivity index is 0.974. The molecule has 2 aromatic carbocycles. The molecule has 6 heterocycles. The molecular formula is C61H80N18O4. The van der Waals surface area contributed by atoms with Crippen LogP contribution in [0.4, 0.5) is 69.3 Å². The zero-order valence-electron chi connectivity index (χ0n) is 50.4. The molecule has 0 radical (unpaired) electrons. The van der Waals surface area contributed by atoms with E-state index in [1.54, 1.807) is 7.11 Å². The lowest BCUT2D eigenvalue weighted by molar-refractivity contribution is -0.112. The summed E-state index contributed by atoms with van der Waals surface area (Å²) >= 11 is 0. The standard InChI is InChI=1S/C61H80N18O4/c1-16-52(80)68-42-28-44(50(82-15)30-47(42)76(13)24-22-74(9)10)70-56-62-36-65-59(73-56)79-34-61(55-46(79)19-18-38(4)66-55)21-20-41(32-61)27-39(5)83-51-31-48(77(14)25-23-75(11)12)43(69-53(81)17-2)29-45(51)71-57-63-35-64-58(72-57)78-33-60(7,8)54-49(78)26-37(3)40(6)67-54/h16-19,26,28-31,35-36,39,41H,1-2,20-25,27,32-34H2,3-15H3,(H,68,80)(H,69,81)(H,62,65,70,73)(H,63,64,71,72). The van der Waals surface area contributed by atoms with Gasteiger partial charge in [-0.15, -0.1) is 0 Å². The predicted molar refractivity (Wildman–Crippen MR) is 330 cm³/mol. The summed E-state index contributed by atoms with van der Waals surface area (Å²) in [5.74, 6) is 2.30. The number of carbonyl (C=O) groups excluding carboxylic acids is 2. The van der Waals surface area contributed by atoms with Gasteiger partial charge in [0.05, 0.1) is 70.1 Å². The third kappa shape index (κ3) is 13.1. The molecule has 2 aliphatic heterocycles. The highest BCUT2D eigenvalue weighted by Crippen LogP contribution is 2.54. The van der Waals surface area contributed by atoms with Gasteiger partial charge >= 0.3 is 0 Å². The molecule has 4 aromatic heterocycles. The van der Waals surface area contributed by atoms with Crippen LogP contribution in [0, 0.1) is 26.7 Å². The van der Waals surface area contributed by atoms with Crippen LogP contribution in [0.25, 0.3) is 0 Å². The third-order valence-electron chi connectivity index (χ3n) is 15.9. The number of rotatable bonds is 23. The van der Waals surface area contributed by atoms with E-state index in [1.165, 1.54) is 24.8 Å². The molecule has 3 atom stereocenters. The molecular weight excluding hydrogens is 1050 g/mol. The lowest BCUT2D eigenvalue weighted by atomic mass is 9.82. The second kappa shape index (κ2) is 24.5. The minimum Gasteiger partial charge on any atom is -0.494 e. The minimum absolute atomic E-state index is 0.239. The van der Waals surface area contributed by atoms with Crippen molar-refractivity contribution in [1.82, 2.24) is 49.7 Å². The number of pyridine rings is 2. The van der Waals surface area contributed by atoms with Gasteiger partial charge in [0.2, 0.25) is 35.6 Å². The van der Waals surface area contributed by atoms with Crippen molar-refractivity contribution in [2.75, 3.05) is 130 Å². The first kappa shape index (κ1) is 59.1. The van der Waals surface area contributed by atoms with Gasteiger partial charge in [-0.05, 0) is 136 Å². The molecule has 6 aromatic rings. The molecule has 22 nitrogen and oxygen atoms in total. The Morgan fingerprint density at radius 2 is 1.25 bits per heavy atom. The van der Waals surface area contributed by atoms with Crippen molar-refractivity contribution in [3.8, 4) is 11.5 Å². The monoisotopic (exact) mass is 1130 g/mol. The summed E-state index contributed by atoms with van der Waals surface area (Å²) in [5, 5.41) is 12.9. The smallest absolute Gasteiger partial charge is 0.247 e. The van der Waals surface area contributed by atoms with E-state index < -0.39 is 0 Å². The Labute approximate surface area is 487 Å². The van der Waals surface area contributed by atoms with E-state index >= 15 is 0 Å². The SMILES string of the molecule is C=CC(=O)Nc1cc(Nc2ncnc(N3CC4(CCC(CC(C)Oc5cc(N(C)CCN(C)C)c(NC(=O)C=C)cc5Nc5ncnc(N6CC(C)(C)c7nc(C)c(C)cc76)n5)C4)c4nc(C)ccc43)n2)c(OC)cc1N(C)CCN(C)C. The molecule has 1 spiro atoms. The summed E-state index contributed by atoms with van der Waals surface area (Å²) in [4.78, 5) is 77.2. The van der Waals surface area contributed by atoms with Crippen LogP contribution >= 0.6 is 0 Å². The fourth-order valence-corrected chi connectivity index (χ4v) is 11.4. The first-order valence-electron chi connectivity index (χ1n) is 28.2. The van der Waals surface area contributed by atoms with Crippen molar-refractivity contribution >= 4 is 81.1 Å². The molecule has 2 amide bonds. The Morgan fingerprint density at radius 3 is 1.81 bits per heavy atom. The van der Waals surface area contributed by atoms with E-state index in [-0.39, 0.29) is 34.7 Å². The average molecular weight is 1130 g/mol. The van der Waals surface area contributed by atoms with Gasteiger partial charge in [0.1, 0.15) is 24.2 Å². The van der Waals surface area contributed by atoms with Gasteiger partial charge in [-0.1, -0.05) is 27.0 Å². The summed E-state index contributed by atoms with van der Waals surface area (Å²) in [6, 6.07) is 13.9. The van der Waals surface area contributed by atoms with E-state index in [4.69, 9.17) is 34.4 Å². The van der Waals surface area contributed by atoms with Crippen molar-refractivity contribution in [2.24, 2.45) is 5.92 Å². The van der Waals surface area contributed by atoms with Crippen LogP contribution in [0.5, 0.6) is 11.5 Å². The highest BCUT2D eigenvalue weighted by atomic mass is 16.5. The number of ether oxygens (including phenoxy) is 2. The molecule has 22 heteroatoms. The fraction of sp³-hybridized carbons (Fsp3) is 0.443. The summed E-state index contributed by atoms with van der Waals surface area (Å²) in [5.41, 5.74) is 10.3. The van der Waals surface area contributed by atoms with Crippen LogP contribution < -0.4 is 50.3 Å². The maximum Gasteiger partial charge on any atom is 0.247 e. The minimum atomic E-state index is -0.343. The van der Waals surface area contributed by atoms with Crippen molar-refractivity contribution in [3.63, 3.8) is 0 Å². The van der Waals surface area contributed by atoms with Crippen LogP contribution in [-0.4, -0.2) is 156 Å². The summed E-state index contributed by atoms with van der Waals surface area (Å²) < 4.78 is 13.0. The highest BCUT2D eigenvalue weighted by molar-refractivity contribution is 6.03. The molecule has 0 bridgehead atoms. The molecule has 438 valence electrons. The van der Waals surface area contributed by atoms with Gasteiger partial charge in [0.25, 0.3) is 0 Å². The quantitative estimate of drug-likeness (QED) is 0.0439. The zero-order valence-corrected chi connectivity index (χ0v) is 50.4. The maximum atomic E-state index is 13.1. The van der Waals surface area contributed by atoms with E-state index in [0.29, 0.717) is 84.2 Å². The van der Waals surface area contributed by atoms with Crippen molar-refractivity contribution < 1.29 is 19.1 Å². The number of hydrogen-bond donors (Lipinski definition) is 4. The number of amides is 2. The average Bonchev–Trinajstić information content (AvgIpc) is 2.08. The summed E-state index contributed by atoms with van der Waals surface area (Å²) in [6.07, 6.45) is 8.78. The Hall–Kier alpha value is -8.50. The van der Waals surface area contributed by atoms with Crippen molar-refractivity contribution in [1.29, 1.82) is 0 Å². The van der Waals surface area contributed by atoms with Crippen molar-refractivity contribution in [2.45, 2.75) is 84.2 Å². The van der Waals surface area contributed by atoms with E-state index in [2.05, 4.69) is 119 Å². The fourth-order valence-electron chi connectivity index (χ4n) is 11.4. The van der Waals surface area contributed by atoms with Gasteiger partial charge < -0.3 is 60.1 Å². The number of aryl methyl sites for hydroxylation is 3. The van der Waals surface area contributed by atoms with Crippen molar-refractivity contribution in [3.05, 3.63) is 109 Å². The molecule has 4 N–H and O–H groups in total. The highest BCUT2D eigenvalue weighted by Gasteiger charge is 2.50. The number of hydrogen-bond acceptors (Lipinski definition) is 20. The topological polar surface area (TPSA) is 223 Å². The van der Waals surface area contributed by atoms with Crippen LogP contribution in [0.15, 0.2) is 80.4 Å².